The molecule has 0 atom stereocenters. The van der Waals surface area contributed by atoms with Crippen LogP contribution in [0.2, 0.25) is 0 Å². The van der Waals surface area contributed by atoms with E-state index < -0.39 is 0 Å². The third kappa shape index (κ3) is 10.3. The molecule has 0 aromatic carbocycles. The largest absolute Gasteiger partial charge is 0.356 e. The fourth-order valence-electron chi connectivity index (χ4n) is 2.59. The standard InChI is InChI=1S/C17H35N5O.HI/c1-14(2)16(23)19-9-10-21-17(18-4)20-8-5-11-22-12-6-15(3)7-13-22;/h14-15H,5-13H2,1-4H3,(H,19,23)(H2,18,20,21);1H. The monoisotopic (exact) mass is 453 g/mol. The van der Waals surface area contributed by atoms with Crippen LogP contribution in [-0.4, -0.2) is 63.1 Å². The molecular formula is C17H36IN5O. The Labute approximate surface area is 164 Å². The van der Waals surface area contributed by atoms with Crippen LogP contribution >= 0.6 is 24.0 Å². The van der Waals surface area contributed by atoms with Crippen molar-refractivity contribution in [1.82, 2.24) is 20.9 Å². The highest BCUT2D eigenvalue weighted by molar-refractivity contribution is 14.0. The van der Waals surface area contributed by atoms with Crippen molar-refractivity contribution in [3.63, 3.8) is 0 Å². The topological polar surface area (TPSA) is 68.8 Å². The van der Waals surface area contributed by atoms with Gasteiger partial charge in [-0.2, -0.15) is 0 Å². The quantitative estimate of drug-likeness (QED) is 0.226. The number of amides is 1. The van der Waals surface area contributed by atoms with Crippen LogP contribution in [0, 0.1) is 11.8 Å². The van der Waals surface area contributed by atoms with Gasteiger partial charge in [-0.1, -0.05) is 20.8 Å². The molecule has 0 radical (unpaired) electrons. The molecule has 0 unspecified atom stereocenters. The molecule has 0 aromatic heterocycles. The number of halogens is 1. The molecule has 1 fully saturated rings. The van der Waals surface area contributed by atoms with Crippen molar-refractivity contribution in [3.05, 3.63) is 0 Å². The van der Waals surface area contributed by atoms with E-state index in [4.69, 9.17) is 0 Å². The fraction of sp³-hybridized carbons (Fsp3) is 0.882. The van der Waals surface area contributed by atoms with Crippen molar-refractivity contribution >= 4 is 35.8 Å². The minimum absolute atomic E-state index is 0. The van der Waals surface area contributed by atoms with Gasteiger partial charge in [0, 0.05) is 32.6 Å². The number of aliphatic imine (C=N–C) groups is 1. The van der Waals surface area contributed by atoms with Gasteiger partial charge in [0.15, 0.2) is 5.96 Å². The Morgan fingerprint density at radius 3 is 2.29 bits per heavy atom. The maximum absolute atomic E-state index is 11.4. The third-order valence-corrected chi connectivity index (χ3v) is 4.28. The molecule has 0 aliphatic carbocycles. The zero-order valence-corrected chi connectivity index (χ0v) is 18.1. The van der Waals surface area contributed by atoms with Crippen molar-refractivity contribution in [2.75, 3.05) is 46.3 Å². The van der Waals surface area contributed by atoms with Crippen LogP contribution in [0.4, 0.5) is 0 Å². The normalized spacial score (nSPS) is 16.6. The van der Waals surface area contributed by atoms with Crippen molar-refractivity contribution in [2.24, 2.45) is 16.8 Å². The van der Waals surface area contributed by atoms with Gasteiger partial charge >= 0.3 is 0 Å². The molecule has 0 spiro atoms. The van der Waals surface area contributed by atoms with Crippen LogP contribution in [0.3, 0.4) is 0 Å². The summed E-state index contributed by atoms with van der Waals surface area (Å²) in [7, 11) is 1.77. The second-order valence-corrected chi connectivity index (χ2v) is 6.75. The predicted octanol–water partition coefficient (Wildman–Crippen LogP) is 1.66. The van der Waals surface area contributed by atoms with E-state index in [1.165, 1.54) is 25.9 Å². The Balaban J connectivity index is 0.00000529. The van der Waals surface area contributed by atoms with E-state index in [0.29, 0.717) is 13.1 Å². The number of guanidine groups is 1. The second kappa shape index (κ2) is 13.7. The molecule has 1 heterocycles. The lowest BCUT2D eigenvalue weighted by Gasteiger charge is -2.30. The number of likely N-dealkylation sites (tertiary alicyclic amines) is 1. The van der Waals surface area contributed by atoms with E-state index in [1.807, 2.05) is 13.8 Å². The van der Waals surface area contributed by atoms with Gasteiger partial charge in [0.2, 0.25) is 5.91 Å². The summed E-state index contributed by atoms with van der Waals surface area (Å²) < 4.78 is 0. The minimum atomic E-state index is 0. The molecule has 0 saturated carbocycles. The van der Waals surface area contributed by atoms with Crippen LogP contribution in [0.25, 0.3) is 0 Å². The SMILES string of the molecule is CN=C(NCCCN1CCC(C)CC1)NCCNC(=O)C(C)C.I. The maximum Gasteiger partial charge on any atom is 0.222 e. The van der Waals surface area contributed by atoms with Gasteiger partial charge in [-0.3, -0.25) is 9.79 Å². The summed E-state index contributed by atoms with van der Waals surface area (Å²) in [5.74, 6) is 1.82. The first-order chi connectivity index (χ1) is 11.0. The molecule has 24 heavy (non-hydrogen) atoms. The molecular weight excluding hydrogens is 417 g/mol. The first kappa shape index (κ1) is 23.4. The Morgan fingerprint density at radius 2 is 1.71 bits per heavy atom. The van der Waals surface area contributed by atoms with E-state index >= 15 is 0 Å². The summed E-state index contributed by atoms with van der Waals surface area (Å²) in [6.45, 7) is 12.0. The Bertz CT molecular complexity index is 368. The highest BCUT2D eigenvalue weighted by Gasteiger charge is 2.14. The number of piperidine rings is 1. The molecule has 0 aromatic rings. The van der Waals surface area contributed by atoms with Crippen molar-refractivity contribution in [2.45, 2.75) is 40.0 Å². The Hall–Kier alpha value is -0.570. The van der Waals surface area contributed by atoms with Crippen LogP contribution in [0.5, 0.6) is 0 Å². The average molecular weight is 453 g/mol. The van der Waals surface area contributed by atoms with Crippen LogP contribution in [0.15, 0.2) is 4.99 Å². The number of hydrogen-bond acceptors (Lipinski definition) is 3. The van der Waals surface area contributed by atoms with Crippen LogP contribution < -0.4 is 16.0 Å². The fourth-order valence-corrected chi connectivity index (χ4v) is 2.59. The first-order valence-electron chi connectivity index (χ1n) is 8.97. The van der Waals surface area contributed by atoms with E-state index in [9.17, 15) is 4.79 Å². The molecule has 1 saturated heterocycles. The third-order valence-electron chi connectivity index (χ3n) is 4.28. The smallest absolute Gasteiger partial charge is 0.222 e. The van der Waals surface area contributed by atoms with Gasteiger partial charge in [0.25, 0.3) is 0 Å². The number of carbonyl (C=O) groups excluding carboxylic acids is 1. The summed E-state index contributed by atoms with van der Waals surface area (Å²) in [6.07, 6.45) is 3.79. The van der Waals surface area contributed by atoms with E-state index in [0.717, 1.165) is 31.4 Å². The number of nitrogens with zero attached hydrogens (tertiary/aromatic N) is 2. The molecule has 1 aliphatic heterocycles. The van der Waals surface area contributed by atoms with Crippen molar-refractivity contribution < 1.29 is 4.79 Å². The summed E-state index contributed by atoms with van der Waals surface area (Å²) >= 11 is 0. The van der Waals surface area contributed by atoms with Crippen LogP contribution in [-0.2, 0) is 4.79 Å². The number of carbonyl (C=O) groups is 1. The maximum atomic E-state index is 11.4. The van der Waals surface area contributed by atoms with Gasteiger partial charge in [0.05, 0.1) is 0 Å². The molecule has 0 bridgehead atoms. The highest BCUT2D eigenvalue weighted by atomic mass is 127. The summed E-state index contributed by atoms with van der Waals surface area (Å²) in [4.78, 5) is 18.2. The molecule has 1 amide bonds. The zero-order chi connectivity index (χ0) is 17.1. The second-order valence-electron chi connectivity index (χ2n) is 6.75. The molecule has 6 nitrogen and oxygen atoms in total. The lowest BCUT2D eigenvalue weighted by molar-refractivity contribution is -0.123. The first-order valence-corrected chi connectivity index (χ1v) is 8.97. The number of rotatable bonds is 8. The van der Waals surface area contributed by atoms with E-state index in [1.54, 1.807) is 7.05 Å². The average Bonchev–Trinajstić information content (AvgIpc) is 2.54. The summed E-state index contributed by atoms with van der Waals surface area (Å²) in [5, 5.41) is 9.43. The van der Waals surface area contributed by atoms with E-state index in [2.05, 4.69) is 32.8 Å². The van der Waals surface area contributed by atoms with Gasteiger partial charge in [-0.15, -0.1) is 24.0 Å². The molecule has 7 heteroatoms. The zero-order valence-electron chi connectivity index (χ0n) is 15.7. The predicted molar refractivity (Wildman–Crippen MR) is 112 cm³/mol. The number of nitrogens with one attached hydrogen (secondary N) is 3. The number of hydrogen-bond donors (Lipinski definition) is 3. The summed E-state index contributed by atoms with van der Waals surface area (Å²) in [6, 6.07) is 0. The summed E-state index contributed by atoms with van der Waals surface area (Å²) in [5.41, 5.74) is 0. The van der Waals surface area contributed by atoms with Crippen LogP contribution in [0.1, 0.15) is 40.0 Å². The van der Waals surface area contributed by atoms with Gasteiger partial charge in [0.1, 0.15) is 0 Å². The molecule has 1 rings (SSSR count). The van der Waals surface area contributed by atoms with E-state index in [-0.39, 0.29) is 35.8 Å². The lowest BCUT2D eigenvalue weighted by Crippen LogP contribution is -2.43. The molecule has 1 aliphatic rings. The van der Waals surface area contributed by atoms with Gasteiger partial charge < -0.3 is 20.9 Å². The lowest BCUT2D eigenvalue weighted by atomic mass is 9.99. The van der Waals surface area contributed by atoms with Gasteiger partial charge in [-0.25, -0.2) is 0 Å². The Morgan fingerprint density at radius 1 is 1.12 bits per heavy atom. The minimum Gasteiger partial charge on any atom is -0.356 e. The van der Waals surface area contributed by atoms with Crippen molar-refractivity contribution in [3.8, 4) is 0 Å². The van der Waals surface area contributed by atoms with Gasteiger partial charge in [-0.05, 0) is 44.8 Å². The molecule has 142 valence electrons. The Kier molecular flexibility index (Phi) is 13.4. The molecule has 3 N–H and O–H groups in total. The highest BCUT2D eigenvalue weighted by Crippen LogP contribution is 2.15. The van der Waals surface area contributed by atoms with Crippen molar-refractivity contribution in [1.29, 1.82) is 0 Å².